The molecule has 2 heterocycles. The Balaban J connectivity index is 2.23. The summed E-state index contributed by atoms with van der Waals surface area (Å²) in [6.45, 7) is 0. The fourth-order valence-corrected chi connectivity index (χ4v) is 2.59. The first kappa shape index (κ1) is 10.8. The lowest BCUT2D eigenvalue weighted by molar-refractivity contribution is -0.278. The Morgan fingerprint density at radius 2 is 2.00 bits per heavy atom. The van der Waals surface area contributed by atoms with Crippen LogP contribution in [0, 0.1) is 0 Å². The molecule has 0 aromatic carbocycles. The van der Waals surface area contributed by atoms with Gasteiger partial charge in [-0.15, -0.1) is 5.10 Å². The highest BCUT2D eigenvalue weighted by Crippen LogP contribution is 2.26. The minimum atomic E-state index is -0.0281. The van der Waals surface area contributed by atoms with E-state index in [-0.39, 0.29) is 5.88 Å². The van der Waals surface area contributed by atoms with Crippen LogP contribution in [-0.2, 0) is 12.8 Å². The predicted molar refractivity (Wildman–Crippen MR) is 63.3 cm³/mol. The Bertz CT molecular complexity index is 566. The average molecular weight is 249 g/mol. The van der Waals surface area contributed by atoms with E-state index in [1.807, 2.05) is 6.26 Å². The number of fused-ring (bicyclic) bond motifs is 2. The first-order valence-corrected chi connectivity index (χ1v) is 7.01. The summed E-state index contributed by atoms with van der Waals surface area (Å²) in [4.78, 5) is 8.72. The Morgan fingerprint density at radius 3 is 2.82 bits per heavy atom. The predicted octanol–water partition coefficient (Wildman–Crippen LogP) is 1.19. The molecule has 3 rings (SSSR count). The monoisotopic (exact) mass is 249 g/mol. The molecule has 1 aliphatic carbocycles. The molecule has 0 saturated heterocycles. The van der Waals surface area contributed by atoms with Crippen molar-refractivity contribution < 1.29 is 5.11 Å². The number of rotatable bonds is 1. The maximum atomic E-state index is 12.3. The zero-order valence-corrected chi connectivity index (χ0v) is 10.5. The smallest absolute Gasteiger partial charge is 0.252 e. The second kappa shape index (κ2) is 4.18. The first-order chi connectivity index (χ1) is 8.29. The SMILES string of the molecule is CSc1nc2nc3c(c([O-])n2n1)CCCCC3. The van der Waals surface area contributed by atoms with Crippen LogP contribution in [0.15, 0.2) is 5.16 Å². The molecule has 0 saturated carbocycles. The van der Waals surface area contributed by atoms with E-state index in [4.69, 9.17) is 0 Å². The van der Waals surface area contributed by atoms with Crippen LogP contribution in [0.25, 0.3) is 5.78 Å². The van der Waals surface area contributed by atoms with Gasteiger partial charge in [0, 0.05) is 5.69 Å². The fraction of sp³-hybridized carbons (Fsp3) is 0.545. The Labute approximate surface area is 103 Å². The van der Waals surface area contributed by atoms with Gasteiger partial charge in [0.25, 0.3) is 5.78 Å². The summed E-state index contributed by atoms with van der Waals surface area (Å²) < 4.78 is 1.34. The molecule has 0 radical (unpaired) electrons. The number of hydrogen-bond acceptors (Lipinski definition) is 5. The van der Waals surface area contributed by atoms with Crippen LogP contribution in [-0.4, -0.2) is 25.8 Å². The van der Waals surface area contributed by atoms with E-state index < -0.39 is 0 Å². The highest BCUT2D eigenvalue weighted by Gasteiger charge is 2.14. The molecule has 0 atom stereocenters. The Kier molecular flexibility index (Phi) is 2.66. The van der Waals surface area contributed by atoms with E-state index in [1.54, 1.807) is 0 Å². The lowest BCUT2D eigenvalue weighted by Crippen LogP contribution is -2.10. The molecule has 0 fully saturated rings. The zero-order chi connectivity index (χ0) is 11.8. The number of hydrogen-bond donors (Lipinski definition) is 0. The zero-order valence-electron chi connectivity index (χ0n) is 9.64. The van der Waals surface area contributed by atoms with Gasteiger partial charge in [-0.3, -0.25) is 0 Å². The van der Waals surface area contributed by atoms with Gasteiger partial charge in [-0.25, -0.2) is 9.50 Å². The van der Waals surface area contributed by atoms with Gasteiger partial charge in [0.1, 0.15) is 0 Å². The standard InChI is InChI=1S/C11H14N4OS/c1-17-11-13-10-12-8-6-4-2-3-5-7(8)9(16)15(10)14-11/h16H,2-6H2,1H3/p-1. The topological polar surface area (TPSA) is 66.1 Å². The minimum absolute atomic E-state index is 0.0281. The van der Waals surface area contributed by atoms with Gasteiger partial charge < -0.3 is 5.11 Å². The number of aryl methyl sites for hydroxylation is 1. The Hall–Kier alpha value is -1.30. The molecular weight excluding hydrogens is 236 g/mol. The third kappa shape index (κ3) is 1.76. The third-order valence-corrected chi connectivity index (χ3v) is 3.67. The summed E-state index contributed by atoms with van der Waals surface area (Å²) in [5.74, 6) is 0.416. The molecule has 0 unspecified atom stereocenters. The van der Waals surface area contributed by atoms with Gasteiger partial charge >= 0.3 is 0 Å². The van der Waals surface area contributed by atoms with Gasteiger partial charge in [-0.05, 0) is 43.4 Å². The quantitative estimate of drug-likeness (QED) is 0.561. The van der Waals surface area contributed by atoms with E-state index in [9.17, 15) is 5.11 Å². The van der Waals surface area contributed by atoms with E-state index in [0.717, 1.165) is 36.9 Å². The second-order valence-corrected chi connectivity index (χ2v) is 4.99. The molecule has 6 heteroatoms. The average Bonchev–Trinajstić information content (AvgIpc) is 2.60. The molecule has 2 aromatic rings. The van der Waals surface area contributed by atoms with Crippen LogP contribution in [0.1, 0.15) is 30.5 Å². The van der Waals surface area contributed by atoms with Crippen molar-refractivity contribution >= 4 is 17.5 Å². The second-order valence-electron chi connectivity index (χ2n) is 4.21. The van der Waals surface area contributed by atoms with Gasteiger partial charge in [0.2, 0.25) is 5.16 Å². The number of nitrogens with zero attached hydrogens (tertiary/aromatic N) is 4. The molecule has 0 bridgehead atoms. The third-order valence-electron chi connectivity index (χ3n) is 3.13. The van der Waals surface area contributed by atoms with Crippen LogP contribution in [0.2, 0.25) is 0 Å². The normalized spacial score (nSPS) is 15.8. The lowest BCUT2D eigenvalue weighted by atomic mass is 10.1. The lowest BCUT2D eigenvalue weighted by Gasteiger charge is -2.15. The molecule has 17 heavy (non-hydrogen) atoms. The van der Waals surface area contributed by atoms with E-state index >= 15 is 0 Å². The van der Waals surface area contributed by atoms with Crippen molar-refractivity contribution in [3.05, 3.63) is 11.3 Å². The maximum absolute atomic E-state index is 12.3. The van der Waals surface area contributed by atoms with Crippen LogP contribution >= 0.6 is 11.8 Å². The number of aromatic nitrogens is 4. The summed E-state index contributed by atoms with van der Waals surface area (Å²) in [5, 5.41) is 17.0. The van der Waals surface area contributed by atoms with Crippen molar-refractivity contribution in [2.24, 2.45) is 0 Å². The van der Waals surface area contributed by atoms with Crippen molar-refractivity contribution in [2.45, 2.75) is 37.3 Å². The van der Waals surface area contributed by atoms with E-state index in [1.165, 1.54) is 22.7 Å². The molecule has 90 valence electrons. The molecule has 0 aliphatic heterocycles. The minimum Gasteiger partial charge on any atom is -0.858 e. The highest BCUT2D eigenvalue weighted by atomic mass is 32.2. The van der Waals surface area contributed by atoms with Crippen LogP contribution in [0.3, 0.4) is 0 Å². The van der Waals surface area contributed by atoms with Gasteiger partial charge in [0.05, 0.1) is 0 Å². The molecule has 5 nitrogen and oxygen atoms in total. The van der Waals surface area contributed by atoms with Crippen LogP contribution in [0.5, 0.6) is 5.88 Å². The first-order valence-electron chi connectivity index (χ1n) is 5.79. The van der Waals surface area contributed by atoms with Crippen molar-refractivity contribution in [3.8, 4) is 5.88 Å². The maximum Gasteiger partial charge on any atom is 0.252 e. The fourth-order valence-electron chi connectivity index (χ4n) is 2.25. The molecule has 0 spiro atoms. The van der Waals surface area contributed by atoms with Crippen molar-refractivity contribution in [1.29, 1.82) is 0 Å². The summed E-state index contributed by atoms with van der Waals surface area (Å²) in [7, 11) is 0. The summed E-state index contributed by atoms with van der Waals surface area (Å²) in [6, 6.07) is 0. The Morgan fingerprint density at radius 1 is 1.18 bits per heavy atom. The van der Waals surface area contributed by atoms with E-state index in [2.05, 4.69) is 15.1 Å². The van der Waals surface area contributed by atoms with Gasteiger partial charge in [-0.2, -0.15) is 4.98 Å². The molecule has 0 N–H and O–H groups in total. The molecule has 2 aromatic heterocycles. The van der Waals surface area contributed by atoms with Crippen molar-refractivity contribution in [2.75, 3.05) is 6.26 Å². The number of thioether (sulfide) groups is 1. The highest BCUT2D eigenvalue weighted by molar-refractivity contribution is 7.98. The van der Waals surface area contributed by atoms with Gasteiger partial charge in [0.15, 0.2) is 0 Å². The van der Waals surface area contributed by atoms with Crippen molar-refractivity contribution in [3.63, 3.8) is 0 Å². The molecule has 1 aliphatic rings. The van der Waals surface area contributed by atoms with Gasteiger partial charge in [-0.1, -0.05) is 18.2 Å². The largest absolute Gasteiger partial charge is 0.858 e. The van der Waals surface area contributed by atoms with E-state index in [0.29, 0.717) is 10.9 Å². The summed E-state index contributed by atoms with van der Waals surface area (Å²) in [5.41, 5.74) is 1.77. The molecular formula is C11H13N4OS-. The summed E-state index contributed by atoms with van der Waals surface area (Å²) >= 11 is 1.43. The van der Waals surface area contributed by atoms with Crippen LogP contribution in [0.4, 0.5) is 0 Å². The molecule has 0 amide bonds. The van der Waals surface area contributed by atoms with Crippen molar-refractivity contribution in [1.82, 2.24) is 19.6 Å². The summed E-state index contributed by atoms with van der Waals surface area (Å²) in [6.07, 6.45) is 6.96. The van der Waals surface area contributed by atoms with Crippen LogP contribution < -0.4 is 5.11 Å².